The minimum absolute atomic E-state index is 0.00436. The highest BCUT2D eigenvalue weighted by Gasteiger charge is 2.08. The molecule has 5 heteroatoms. The maximum atomic E-state index is 10.6. The van der Waals surface area contributed by atoms with Crippen LogP contribution in [0.3, 0.4) is 0 Å². The Bertz CT molecular complexity index is 636. The number of benzene rings is 1. The van der Waals surface area contributed by atoms with Gasteiger partial charge in [0.05, 0.1) is 6.42 Å². The van der Waals surface area contributed by atoms with Crippen LogP contribution in [0.15, 0.2) is 30.3 Å². The average Bonchev–Trinajstić information content (AvgIpc) is 2.39. The molecule has 5 nitrogen and oxygen atoms in total. The van der Waals surface area contributed by atoms with Crippen molar-refractivity contribution in [3.63, 3.8) is 0 Å². The van der Waals surface area contributed by atoms with E-state index < -0.39 is 5.97 Å². The summed E-state index contributed by atoms with van der Waals surface area (Å²) in [7, 11) is 0. The van der Waals surface area contributed by atoms with E-state index in [-0.39, 0.29) is 12.3 Å². The van der Waals surface area contributed by atoms with Gasteiger partial charge in [-0.1, -0.05) is 26.0 Å². The van der Waals surface area contributed by atoms with E-state index >= 15 is 0 Å². The van der Waals surface area contributed by atoms with Gasteiger partial charge in [-0.05, 0) is 24.6 Å². The van der Waals surface area contributed by atoms with Crippen molar-refractivity contribution in [2.75, 3.05) is 0 Å². The number of ether oxygens (including phenoxy) is 1. The molecule has 0 amide bonds. The average molecular weight is 286 g/mol. The zero-order valence-electron chi connectivity index (χ0n) is 12.3. The summed E-state index contributed by atoms with van der Waals surface area (Å²) in [5.41, 5.74) is 1.59. The molecule has 2 aromatic rings. The Morgan fingerprint density at radius 3 is 2.48 bits per heavy atom. The van der Waals surface area contributed by atoms with Crippen LogP contribution in [0.2, 0.25) is 0 Å². The molecule has 1 N–H and O–H groups in total. The van der Waals surface area contributed by atoms with E-state index in [1.807, 2.05) is 20.8 Å². The predicted octanol–water partition coefficient (Wildman–Crippen LogP) is 3.33. The fourth-order valence-electron chi connectivity index (χ4n) is 1.84. The third-order valence-electron chi connectivity index (χ3n) is 2.87. The van der Waals surface area contributed by atoms with Crippen LogP contribution in [-0.2, 0) is 11.2 Å². The molecule has 21 heavy (non-hydrogen) atoms. The molecule has 1 aromatic heterocycles. The van der Waals surface area contributed by atoms with Crippen molar-refractivity contribution in [2.24, 2.45) is 0 Å². The van der Waals surface area contributed by atoms with E-state index in [1.54, 1.807) is 30.3 Å². The fraction of sp³-hybridized carbons (Fsp3) is 0.312. The van der Waals surface area contributed by atoms with E-state index in [1.165, 1.54) is 0 Å². The summed E-state index contributed by atoms with van der Waals surface area (Å²) in [5.74, 6) is 1.24. The van der Waals surface area contributed by atoms with Crippen LogP contribution in [0.25, 0.3) is 0 Å². The number of hydrogen-bond donors (Lipinski definition) is 1. The molecule has 0 saturated heterocycles. The standard InChI is InChI=1S/C16H18N2O3/c1-10(2)16-17-11(3)8-14(18-16)21-13-6-4-12(5-7-13)9-15(19)20/h4-8,10H,9H2,1-3H3,(H,19,20). The lowest BCUT2D eigenvalue weighted by Crippen LogP contribution is -2.01. The van der Waals surface area contributed by atoms with E-state index in [9.17, 15) is 4.79 Å². The molecule has 0 spiro atoms. The maximum Gasteiger partial charge on any atom is 0.307 e. The lowest BCUT2D eigenvalue weighted by Gasteiger charge is -2.09. The number of aliphatic carboxylic acids is 1. The van der Waals surface area contributed by atoms with Crippen molar-refractivity contribution in [2.45, 2.75) is 33.1 Å². The summed E-state index contributed by atoms with van der Waals surface area (Å²) < 4.78 is 5.71. The second-order valence-corrected chi connectivity index (χ2v) is 5.18. The first kappa shape index (κ1) is 15.0. The van der Waals surface area contributed by atoms with Crippen LogP contribution in [0.1, 0.15) is 36.8 Å². The normalized spacial score (nSPS) is 10.7. The van der Waals surface area contributed by atoms with Gasteiger partial charge in [-0.15, -0.1) is 0 Å². The SMILES string of the molecule is Cc1cc(Oc2ccc(CC(=O)O)cc2)nc(C(C)C)n1. The van der Waals surface area contributed by atoms with Crippen LogP contribution in [0.4, 0.5) is 0 Å². The van der Waals surface area contributed by atoms with Crippen LogP contribution >= 0.6 is 0 Å². The number of rotatable bonds is 5. The molecule has 1 aromatic carbocycles. The minimum atomic E-state index is -0.850. The Labute approximate surface area is 123 Å². The van der Waals surface area contributed by atoms with Crippen molar-refractivity contribution in [3.05, 3.63) is 47.4 Å². The quantitative estimate of drug-likeness (QED) is 0.912. The smallest absolute Gasteiger partial charge is 0.307 e. The Morgan fingerprint density at radius 2 is 1.90 bits per heavy atom. The van der Waals surface area contributed by atoms with Crippen molar-refractivity contribution < 1.29 is 14.6 Å². The number of aromatic nitrogens is 2. The van der Waals surface area contributed by atoms with Gasteiger partial charge in [0.2, 0.25) is 5.88 Å². The third kappa shape index (κ3) is 4.27. The van der Waals surface area contributed by atoms with Crippen molar-refractivity contribution in [3.8, 4) is 11.6 Å². The molecule has 2 rings (SSSR count). The van der Waals surface area contributed by atoms with Gasteiger partial charge in [-0.2, -0.15) is 4.98 Å². The molecule has 0 atom stereocenters. The molecule has 0 fully saturated rings. The minimum Gasteiger partial charge on any atom is -0.481 e. The van der Waals surface area contributed by atoms with Gasteiger partial charge in [0.1, 0.15) is 11.6 Å². The summed E-state index contributed by atoms with van der Waals surface area (Å²) in [6.45, 7) is 5.95. The Hall–Kier alpha value is -2.43. The molecule has 0 aliphatic carbocycles. The summed E-state index contributed by atoms with van der Waals surface area (Å²) in [6.07, 6.45) is 0.00436. The Morgan fingerprint density at radius 1 is 1.24 bits per heavy atom. The lowest BCUT2D eigenvalue weighted by atomic mass is 10.1. The molecule has 0 bridgehead atoms. The fourth-order valence-corrected chi connectivity index (χ4v) is 1.84. The van der Waals surface area contributed by atoms with Gasteiger partial charge in [0.15, 0.2) is 0 Å². The van der Waals surface area contributed by atoms with E-state index in [2.05, 4.69) is 9.97 Å². The summed E-state index contributed by atoms with van der Waals surface area (Å²) >= 11 is 0. The third-order valence-corrected chi connectivity index (χ3v) is 2.87. The summed E-state index contributed by atoms with van der Waals surface area (Å²) in [4.78, 5) is 19.4. The van der Waals surface area contributed by atoms with Crippen LogP contribution in [0, 0.1) is 6.92 Å². The second kappa shape index (κ2) is 6.35. The van der Waals surface area contributed by atoms with Crippen LogP contribution < -0.4 is 4.74 Å². The Balaban J connectivity index is 2.16. The van der Waals surface area contributed by atoms with Crippen LogP contribution in [0.5, 0.6) is 11.6 Å². The molecule has 110 valence electrons. The van der Waals surface area contributed by atoms with E-state index in [0.29, 0.717) is 11.6 Å². The number of nitrogens with zero attached hydrogens (tertiary/aromatic N) is 2. The number of aryl methyl sites for hydroxylation is 1. The zero-order chi connectivity index (χ0) is 15.4. The van der Waals surface area contributed by atoms with Crippen molar-refractivity contribution in [1.29, 1.82) is 0 Å². The number of hydrogen-bond acceptors (Lipinski definition) is 4. The van der Waals surface area contributed by atoms with Gasteiger partial charge >= 0.3 is 5.97 Å². The first-order chi connectivity index (χ1) is 9.94. The number of carbonyl (C=O) groups is 1. The highest BCUT2D eigenvalue weighted by atomic mass is 16.5. The Kier molecular flexibility index (Phi) is 4.52. The van der Waals surface area contributed by atoms with Gasteiger partial charge in [0, 0.05) is 17.7 Å². The molecule has 0 unspecified atom stereocenters. The van der Waals surface area contributed by atoms with E-state index in [0.717, 1.165) is 17.1 Å². The molecule has 0 aliphatic rings. The molecular weight excluding hydrogens is 268 g/mol. The molecule has 0 radical (unpaired) electrons. The second-order valence-electron chi connectivity index (χ2n) is 5.18. The first-order valence-corrected chi connectivity index (χ1v) is 6.78. The number of carboxylic acids is 1. The summed E-state index contributed by atoms with van der Waals surface area (Å²) in [6, 6.07) is 8.73. The molecule has 0 saturated carbocycles. The molecular formula is C16H18N2O3. The predicted molar refractivity (Wildman–Crippen MR) is 78.7 cm³/mol. The van der Waals surface area contributed by atoms with E-state index in [4.69, 9.17) is 9.84 Å². The number of carboxylic acid groups (broad SMARTS) is 1. The van der Waals surface area contributed by atoms with Gasteiger partial charge in [-0.3, -0.25) is 4.79 Å². The van der Waals surface area contributed by atoms with Crippen molar-refractivity contribution >= 4 is 5.97 Å². The largest absolute Gasteiger partial charge is 0.481 e. The first-order valence-electron chi connectivity index (χ1n) is 6.78. The maximum absolute atomic E-state index is 10.6. The van der Waals surface area contributed by atoms with Gasteiger partial charge in [0.25, 0.3) is 0 Å². The lowest BCUT2D eigenvalue weighted by molar-refractivity contribution is -0.136. The van der Waals surface area contributed by atoms with Gasteiger partial charge in [-0.25, -0.2) is 4.98 Å². The highest BCUT2D eigenvalue weighted by Crippen LogP contribution is 2.22. The van der Waals surface area contributed by atoms with Crippen molar-refractivity contribution in [1.82, 2.24) is 9.97 Å². The van der Waals surface area contributed by atoms with Crippen LogP contribution in [-0.4, -0.2) is 21.0 Å². The monoisotopic (exact) mass is 286 g/mol. The summed E-state index contributed by atoms with van der Waals surface area (Å²) in [5, 5.41) is 8.74. The molecule has 0 aliphatic heterocycles. The van der Waals surface area contributed by atoms with Gasteiger partial charge < -0.3 is 9.84 Å². The topological polar surface area (TPSA) is 72.3 Å². The zero-order valence-corrected chi connectivity index (χ0v) is 12.3. The highest BCUT2D eigenvalue weighted by molar-refractivity contribution is 5.70. The molecule has 1 heterocycles.